The third kappa shape index (κ3) is 7.59. The zero-order chi connectivity index (χ0) is 32.8. The predicted molar refractivity (Wildman–Crippen MR) is 183 cm³/mol. The Balaban J connectivity index is 1.08. The summed E-state index contributed by atoms with van der Waals surface area (Å²) in [7, 11) is 0. The second-order valence-electron chi connectivity index (χ2n) is 15.3. The van der Waals surface area contributed by atoms with Gasteiger partial charge in [0.25, 0.3) is 0 Å². The summed E-state index contributed by atoms with van der Waals surface area (Å²) in [6, 6.07) is 8.17. The Labute approximate surface area is 280 Å². The molecule has 0 radical (unpaired) electrons. The molecular weight excluding hydrogens is 619 g/mol. The van der Waals surface area contributed by atoms with Crippen LogP contribution in [-0.2, 0) is 33.7 Å². The second-order valence-corrected chi connectivity index (χ2v) is 17.5. The molecule has 4 heterocycles. The van der Waals surface area contributed by atoms with Gasteiger partial charge in [-0.25, -0.2) is 14.6 Å². The smallest absolute Gasteiger partial charge is 0.410 e. The standard InChI is InChI=1S/C36H47N3O5S2/c1-35(2,3)43-33(41)38-15-14-26-30(21-38)45-29(31(26)32-37-27-12-7-8-13-28(27)46-32)18-25(40)11-9-10-22-16-23-19-39(20-24(23)17-22)34(42)44-36(4,5)6/h7-8,12-13,22-24H,9-11,14-21H2,1-6H3/t22?,23-,24+. The van der Waals surface area contributed by atoms with Gasteiger partial charge in [0, 0.05) is 47.8 Å². The summed E-state index contributed by atoms with van der Waals surface area (Å²) in [5.74, 6) is 1.97. The van der Waals surface area contributed by atoms with Crippen molar-refractivity contribution in [3.63, 3.8) is 0 Å². The summed E-state index contributed by atoms with van der Waals surface area (Å²) in [6.07, 6.45) is 5.42. The molecular formula is C36H47N3O5S2. The second kappa shape index (κ2) is 12.9. The lowest BCUT2D eigenvalue weighted by atomic mass is 9.96. The predicted octanol–water partition coefficient (Wildman–Crippen LogP) is 8.49. The number of thiophene rings is 1. The molecule has 3 atom stereocenters. The minimum absolute atomic E-state index is 0.193. The van der Waals surface area contributed by atoms with Gasteiger partial charge in [0.1, 0.15) is 22.0 Å². The van der Waals surface area contributed by atoms with Crippen LogP contribution in [0.1, 0.15) is 89.0 Å². The molecule has 46 heavy (non-hydrogen) atoms. The molecule has 3 aliphatic rings. The number of hydrogen-bond acceptors (Lipinski definition) is 8. The van der Waals surface area contributed by atoms with E-state index in [9.17, 15) is 14.4 Å². The highest BCUT2D eigenvalue weighted by atomic mass is 32.1. The van der Waals surface area contributed by atoms with Crippen LogP contribution in [0, 0.1) is 17.8 Å². The first-order valence-electron chi connectivity index (χ1n) is 16.7. The van der Waals surface area contributed by atoms with E-state index in [1.807, 2.05) is 64.6 Å². The molecule has 0 N–H and O–H groups in total. The van der Waals surface area contributed by atoms with Gasteiger partial charge in [-0.3, -0.25) is 4.79 Å². The van der Waals surface area contributed by atoms with Crippen LogP contribution in [-0.4, -0.2) is 63.6 Å². The summed E-state index contributed by atoms with van der Waals surface area (Å²) in [6.45, 7) is 14.1. The number of thiazole rings is 1. The average molecular weight is 666 g/mol. The van der Waals surface area contributed by atoms with Gasteiger partial charge < -0.3 is 19.3 Å². The van der Waals surface area contributed by atoms with Gasteiger partial charge in [0.15, 0.2) is 0 Å². The first kappa shape index (κ1) is 32.9. The number of carbonyl (C=O) groups is 3. The van der Waals surface area contributed by atoms with Crippen LogP contribution in [0.25, 0.3) is 20.8 Å². The quantitative estimate of drug-likeness (QED) is 0.252. The van der Waals surface area contributed by atoms with Crippen LogP contribution >= 0.6 is 22.7 Å². The van der Waals surface area contributed by atoms with Crippen LogP contribution in [0.15, 0.2) is 24.3 Å². The number of ketones is 1. The fourth-order valence-electron chi connectivity index (χ4n) is 7.29. The summed E-state index contributed by atoms with van der Waals surface area (Å²) in [5, 5.41) is 0.963. The molecule has 1 aromatic carbocycles. The van der Waals surface area contributed by atoms with Crippen LogP contribution in [0.4, 0.5) is 9.59 Å². The van der Waals surface area contributed by atoms with Crippen molar-refractivity contribution in [2.75, 3.05) is 19.6 Å². The van der Waals surface area contributed by atoms with Gasteiger partial charge in [-0.2, -0.15) is 0 Å². The minimum Gasteiger partial charge on any atom is -0.444 e. The van der Waals surface area contributed by atoms with Crippen molar-refractivity contribution in [3.05, 3.63) is 39.6 Å². The van der Waals surface area contributed by atoms with Gasteiger partial charge in [-0.15, -0.1) is 22.7 Å². The molecule has 1 aliphatic carbocycles. The minimum atomic E-state index is -0.547. The number of Topliss-reactive ketones (excluding diaryl/α,β-unsaturated/α-hetero) is 1. The number of fused-ring (bicyclic) bond motifs is 3. The van der Waals surface area contributed by atoms with E-state index < -0.39 is 11.2 Å². The van der Waals surface area contributed by atoms with Gasteiger partial charge in [0.2, 0.25) is 0 Å². The van der Waals surface area contributed by atoms with Crippen molar-refractivity contribution in [3.8, 4) is 10.6 Å². The molecule has 2 fully saturated rings. The molecule has 1 saturated carbocycles. The van der Waals surface area contributed by atoms with E-state index in [1.165, 1.54) is 5.56 Å². The first-order valence-corrected chi connectivity index (χ1v) is 18.3. The van der Waals surface area contributed by atoms with Crippen molar-refractivity contribution in [1.29, 1.82) is 0 Å². The van der Waals surface area contributed by atoms with Crippen LogP contribution in [0.5, 0.6) is 0 Å². The number of para-hydroxylation sites is 1. The number of aromatic nitrogens is 1. The number of nitrogens with zero attached hydrogens (tertiary/aromatic N) is 3. The molecule has 1 saturated heterocycles. The molecule has 2 amide bonds. The van der Waals surface area contributed by atoms with Crippen molar-refractivity contribution in [1.82, 2.24) is 14.8 Å². The molecule has 6 rings (SSSR count). The third-order valence-corrected chi connectivity index (χ3v) is 11.5. The lowest BCUT2D eigenvalue weighted by molar-refractivity contribution is -0.118. The summed E-state index contributed by atoms with van der Waals surface area (Å²) >= 11 is 3.34. The molecule has 2 aliphatic heterocycles. The highest BCUT2D eigenvalue weighted by Crippen LogP contribution is 2.45. The molecule has 0 spiro atoms. The van der Waals surface area contributed by atoms with Gasteiger partial charge in [-0.05, 0) is 103 Å². The van der Waals surface area contributed by atoms with Crippen LogP contribution in [0.3, 0.4) is 0 Å². The zero-order valence-corrected chi connectivity index (χ0v) is 29.7. The van der Waals surface area contributed by atoms with Crippen LogP contribution < -0.4 is 0 Å². The third-order valence-electron chi connectivity index (χ3n) is 9.22. The maximum atomic E-state index is 13.5. The zero-order valence-electron chi connectivity index (χ0n) is 28.0. The van der Waals surface area contributed by atoms with Crippen molar-refractivity contribution in [2.24, 2.45) is 17.8 Å². The average Bonchev–Trinajstić information content (AvgIpc) is 3.71. The Kier molecular flexibility index (Phi) is 9.24. The maximum Gasteiger partial charge on any atom is 0.410 e. The molecule has 1 unspecified atom stereocenters. The maximum absolute atomic E-state index is 13.5. The normalized spacial score (nSPS) is 21.4. The highest BCUT2D eigenvalue weighted by molar-refractivity contribution is 7.22. The van der Waals surface area contributed by atoms with E-state index in [1.54, 1.807) is 27.6 Å². The molecule has 248 valence electrons. The Morgan fingerprint density at radius 2 is 1.57 bits per heavy atom. The van der Waals surface area contributed by atoms with Crippen molar-refractivity contribution >= 4 is 50.9 Å². The van der Waals surface area contributed by atoms with Crippen molar-refractivity contribution < 1.29 is 23.9 Å². The monoisotopic (exact) mass is 665 g/mol. The molecule has 3 aromatic rings. The lowest BCUT2D eigenvalue weighted by Gasteiger charge is -2.30. The van der Waals surface area contributed by atoms with E-state index in [4.69, 9.17) is 14.5 Å². The lowest BCUT2D eigenvalue weighted by Crippen LogP contribution is -2.39. The fraction of sp³-hybridized carbons (Fsp3) is 0.611. The number of carbonyl (C=O) groups excluding carboxylic acids is 3. The topological polar surface area (TPSA) is 89.0 Å². The van der Waals surface area contributed by atoms with Crippen LogP contribution in [0.2, 0.25) is 0 Å². The number of hydrogen-bond donors (Lipinski definition) is 0. The number of benzene rings is 1. The van der Waals surface area contributed by atoms with E-state index in [0.29, 0.717) is 43.7 Å². The fourth-order valence-corrected chi connectivity index (χ4v) is 9.82. The highest BCUT2D eigenvalue weighted by Gasteiger charge is 2.43. The Hall–Kier alpha value is -2.98. The van der Waals surface area contributed by atoms with E-state index in [-0.39, 0.29) is 18.0 Å². The number of rotatable bonds is 7. The Morgan fingerprint density at radius 3 is 2.22 bits per heavy atom. The molecule has 0 bridgehead atoms. The van der Waals surface area contributed by atoms with Gasteiger partial charge in [-0.1, -0.05) is 18.6 Å². The van der Waals surface area contributed by atoms with E-state index in [0.717, 1.165) is 75.7 Å². The Bertz CT molecular complexity index is 1570. The van der Waals surface area contributed by atoms with Crippen molar-refractivity contribution in [2.45, 2.75) is 104 Å². The summed E-state index contributed by atoms with van der Waals surface area (Å²) in [4.78, 5) is 49.7. The largest absolute Gasteiger partial charge is 0.444 e. The number of ether oxygens (including phenoxy) is 2. The summed E-state index contributed by atoms with van der Waals surface area (Å²) in [5.41, 5.74) is 2.29. The SMILES string of the molecule is CC(C)(C)OC(=O)N1CCc2c(sc(CC(=O)CCCC3C[C@@H]4CN(C(=O)OC(C)(C)C)C[C@@H]4C3)c2-c2nc3ccccc3s2)C1. The Morgan fingerprint density at radius 1 is 0.913 bits per heavy atom. The number of amides is 2. The first-order chi connectivity index (χ1) is 21.7. The molecule has 2 aromatic heterocycles. The van der Waals surface area contributed by atoms with E-state index in [2.05, 4.69) is 6.07 Å². The molecule has 10 heteroatoms. The number of likely N-dealkylation sites (tertiary alicyclic amines) is 1. The van der Waals surface area contributed by atoms with Gasteiger partial charge in [0.05, 0.1) is 16.8 Å². The van der Waals surface area contributed by atoms with E-state index >= 15 is 0 Å². The van der Waals surface area contributed by atoms with Gasteiger partial charge >= 0.3 is 12.2 Å². The summed E-state index contributed by atoms with van der Waals surface area (Å²) < 4.78 is 12.4. The molecule has 8 nitrogen and oxygen atoms in total.